The number of carboxylic acids is 1. The zero-order valence-corrected chi connectivity index (χ0v) is 15.4. The second-order valence-corrected chi connectivity index (χ2v) is 6.58. The van der Waals surface area contributed by atoms with Gasteiger partial charge < -0.3 is 15.2 Å². The van der Waals surface area contributed by atoms with Crippen molar-refractivity contribution >= 4 is 56.7 Å². The summed E-state index contributed by atoms with van der Waals surface area (Å²) in [6.07, 6.45) is -0.894. The second kappa shape index (κ2) is 7.88. The molecule has 1 amide bonds. The Morgan fingerprint density at radius 2 is 1.92 bits per heavy atom. The lowest BCUT2D eigenvalue weighted by Gasteiger charge is -2.16. The summed E-state index contributed by atoms with van der Waals surface area (Å²) in [6.45, 7) is 1.53. The minimum Gasteiger partial charge on any atom is -0.479 e. The molecule has 0 fully saturated rings. The van der Waals surface area contributed by atoms with Crippen LogP contribution in [0, 0.1) is 0 Å². The third-order valence-corrected chi connectivity index (χ3v) is 4.06. The normalized spacial score (nSPS) is 11.7. The summed E-state index contributed by atoms with van der Waals surface area (Å²) in [5, 5.41) is 12.5. The Morgan fingerprint density at radius 3 is 2.54 bits per heavy atom. The number of ether oxygens (including phenoxy) is 1. The molecule has 0 saturated carbocycles. The monoisotopic (exact) mass is 431 g/mol. The van der Waals surface area contributed by atoms with Gasteiger partial charge in [0, 0.05) is 9.50 Å². The Morgan fingerprint density at radius 1 is 1.21 bits per heavy atom. The van der Waals surface area contributed by atoms with Gasteiger partial charge in [-0.1, -0.05) is 39.1 Å². The number of anilines is 1. The van der Waals surface area contributed by atoms with E-state index in [1.165, 1.54) is 25.1 Å². The van der Waals surface area contributed by atoms with Crippen molar-refractivity contribution in [2.45, 2.75) is 13.0 Å². The van der Waals surface area contributed by atoms with Crippen LogP contribution in [-0.2, 0) is 4.79 Å². The van der Waals surface area contributed by atoms with Gasteiger partial charge in [-0.25, -0.2) is 4.79 Å². The van der Waals surface area contributed by atoms with Crippen LogP contribution in [0.1, 0.15) is 17.3 Å². The summed E-state index contributed by atoms with van der Waals surface area (Å²) >= 11 is 15.0. The Bertz CT molecular complexity index is 798. The minimum atomic E-state index is -1.15. The van der Waals surface area contributed by atoms with Gasteiger partial charge in [0.1, 0.15) is 5.75 Å². The van der Waals surface area contributed by atoms with Gasteiger partial charge in [-0.3, -0.25) is 4.79 Å². The Labute approximate surface area is 156 Å². The summed E-state index contributed by atoms with van der Waals surface area (Å²) < 4.78 is 6.09. The second-order valence-electron chi connectivity index (χ2n) is 4.82. The molecule has 1 atom stereocenters. The average molecular weight is 433 g/mol. The van der Waals surface area contributed by atoms with Crippen LogP contribution in [0.4, 0.5) is 5.69 Å². The maximum absolute atomic E-state index is 12.2. The third kappa shape index (κ3) is 4.63. The van der Waals surface area contributed by atoms with E-state index in [0.717, 1.165) is 0 Å². The predicted octanol–water partition coefficient (Wildman–Crippen LogP) is 4.86. The van der Waals surface area contributed by atoms with E-state index in [2.05, 4.69) is 21.2 Å². The molecule has 1 unspecified atom stereocenters. The fourth-order valence-corrected chi connectivity index (χ4v) is 2.67. The van der Waals surface area contributed by atoms with Crippen molar-refractivity contribution in [3.8, 4) is 5.75 Å². The summed E-state index contributed by atoms with van der Waals surface area (Å²) in [5.74, 6) is -1.36. The molecule has 8 heteroatoms. The number of halogens is 3. The van der Waals surface area contributed by atoms with Crippen molar-refractivity contribution in [3.05, 3.63) is 56.5 Å². The molecule has 0 heterocycles. The number of carboxylic acid groups (broad SMARTS) is 1. The van der Waals surface area contributed by atoms with Crippen LogP contribution < -0.4 is 10.1 Å². The third-order valence-electron chi connectivity index (χ3n) is 3.04. The SMILES string of the molecule is CC(Oc1ccc(Cl)cc1Cl)C(=O)Nc1ccc(Br)cc1C(=O)O. The number of hydrogen-bond acceptors (Lipinski definition) is 3. The number of carbonyl (C=O) groups excluding carboxylic acids is 1. The van der Waals surface area contributed by atoms with Gasteiger partial charge in [0.05, 0.1) is 16.3 Å². The molecule has 2 aromatic carbocycles. The van der Waals surface area contributed by atoms with E-state index in [-0.39, 0.29) is 16.3 Å². The Kier molecular flexibility index (Phi) is 6.10. The van der Waals surface area contributed by atoms with Crippen LogP contribution in [0.25, 0.3) is 0 Å². The fraction of sp³-hybridized carbons (Fsp3) is 0.125. The van der Waals surface area contributed by atoms with Gasteiger partial charge in [-0.05, 0) is 43.3 Å². The van der Waals surface area contributed by atoms with Gasteiger partial charge in [0.25, 0.3) is 5.91 Å². The van der Waals surface area contributed by atoms with E-state index in [9.17, 15) is 14.7 Å². The molecule has 2 aromatic rings. The van der Waals surface area contributed by atoms with Crippen LogP contribution in [0.5, 0.6) is 5.75 Å². The summed E-state index contributed by atoms with van der Waals surface area (Å²) in [7, 11) is 0. The van der Waals surface area contributed by atoms with Gasteiger partial charge in [-0.2, -0.15) is 0 Å². The predicted molar refractivity (Wildman–Crippen MR) is 96.3 cm³/mol. The average Bonchev–Trinajstić information content (AvgIpc) is 2.51. The van der Waals surface area contributed by atoms with Gasteiger partial charge >= 0.3 is 5.97 Å². The van der Waals surface area contributed by atoms with Crippen molar-refractivity contribution in [2.75, 3.05) is 5.32 Å². The molecular formula is C16H12BrCl2NO4. The first-order valence-electron chi connectivity index (χ1n) is 6.73. The maximum Gasteiger partial charge on any atom is 0.337 e. The smallest absolute Gasteiger partial charge is 0.337 e. The van der Waals surface area contributed by atoms with E-state index < -0.39 is 18.0 Å². The highest BCUT2D eigenvalue weighted by atomic mass is 79.9. The molecule has 0 radical (unpaired) electrons. The molecule has 2 rings (SSSR count). The highest BCUT2D eigenvalue weighted by molar-refractivity contribution is 9.10. The quantitative estimate of drug-likeness (QED) is 0.707. The van der Waals surface area contributed by atoms with E-state index >= 15 is 0 Å². The van der Waals surface area contributed by atoms with Crippen LogP contribution in [-0.4, -0.2) is 23.1 Å². The van der Waals surface area contributed by atoms with Crippen molar-refractivity contribution in [1.29, 1.82) is 0 Å². The summed E-state index contributed by atoms with van der Waals surface area (Å²) in [4.78, 5) is 23.5. The minimum absolute atomic E-state index is 0.0329. The first kappa shape index (κ1) is 18.6. The lowest BCUT2D eigenvalue weighted by Crippen LogP contribution is -2.30. The molecule has 24 heavy (non-hydrogen) atoms. The largest absolute Gasteiger partial charge is 0.479 e. The molecule has 0 aliphatic carbocycles. The highest BCUT2D eigenvalue weighted by Crippen LogP contribution is 2.28. The number of aromatic carboxylic acids is 1. The molecule has 126 valence electrons. The molecule has 0 spiro atoms. The Hall–Kier alpha value is -1.76. The first-order chi connectivity index (χ1) is 11.3. The van der Waals surface area contributed by atoms with Crippen LogP contribution in [0.3, 0.4) is 0 Å². The lowest BCUT2D eigenvalue weighted by molar-refractivity contribution is -0.122. The maximum atomic E-state index is 12.2. The van der Waals surface area contributed by atoms with E-state index in [0.29, 0.717) is 15.2 Å². The lowest BCUT2D eigenvalue weighted by atomic mass is 10.1. The molecule has 0 saturated heterocycles. The van der Waals surface area contributed by atoms with Crippen LogP contribution in [0.15, 0.2) is 40.9 Å². The molecule has 0 aliphatic heterocycles. The zero-order valence-electron chi connectivity index (χ0n) is 12.3. The van der Waals surface area contributed by atoms with Gasteiger partial charge in [-0.15, -0.1) is 0 Å². The van der Waals surface area contributed by atoms with Gasteiger partial charge in [0.2, 0.25) is 0 Å². The van der Waals surface area contributed by atoms with Crippen molar-refractivity contribution in [3.63, 3.8) is 0 Å². The summed E-state index contributed by atoms with van der Waals surface area (Å²) in [6, 6.07) is 9.17. The molecule has 2 N–H and O–H groups in total. The number of amides is 1. The Balaban J connectivity index is 2.13. The van der Waals surface area contributed by atoms with Crippen LogP contribution >= 0.6 is 39.1 Å². The van der Waals surface area contributed by atoms with E-state index in [1.807, 2.05) is 0 Å². The number of hydrogen-bond donors (Lipinski definition) is 2. The van der Waals surface area contributed by atoms with Crippen molar-refractivity contribution < 1.29 is 19.4 Å². The van der Waals surface area contributed by atoms with Crippen molar-refractivity contribution in [2.24, 2.45) is 0 Å². The molecular weight excluding hydrogens is 421 g/mol. The van der Waals surface area contributed by atoms with Gasteiger partial charge in [0.15, 0.2) is 6.10 Å². The molecule has 0 aliphatic rings. The standard InChI is InChI=1S/C16H12BrCl2NO4/c1-8(24-14-5-3-10(18)7-12(14)19)15(21)20-13-4-2-9(17)6-11(13)16(22)23/h2-8H,1H3,(H,20,21)(H,22,23). The molecule has 0 bridgehead atoms. The number of benzene rings is 2. The molecule has 0 aromatic heterocycles. The summed E-state index contributed by atoms with van der Waals surface area (Å²) in [5.41, 5.74) is 0.141. The number of nitrogens with one attached hydrogen (secondary N) is 1. The highest BCUT2D eigenvalue weighted by Gasteiger charge is 2.19. The fourth-order valence-electron chi connectivity index (χ4n) is 1.85. The van der Waals surface area contributed by atoms with Crippen molar-refractivity contribution in [1.82, 2.24) is 0 Å². The number of carbonyl (C=O) groups is 2. The topological polar surface area (TPSA) is 75.6 Å². The number of rotatable bonds is 5. The van der Waals surface area contributed by atoms with E-state index in [1.54, 1.807) is 18.2 Å². The van der Waals surface area contributed by atoms with Crippen LogP contribution in [0.2, 0.25) is 10.0 Å². The molecule has 5 nitrogen and oxygen atoms in total. The zero-order chi connectivity index (χ0) is 17.9. The van der Waals surface area contributed by atoms with E-state index in [4.69, 9.17) is 27.9 Å². The first-order valence-corrected chi connectivity index (χ1v) is 8.28.